The van der Waals surface area contributed by atoms with E-state index in [2.05, 4.69) is 0 Å². The summed E-state index contributed by atoms with van der Waals surface area (Å²) in [5.41, 5.74) is 0. The van der Waals surface area contributed by atoms with Gasteiger partial charge in [-0.1, -0.05) is 0 Å². The van der Waals surface area contributed by atoms with Crippen LogP contribution in [0.5, 0.6) is 0 Å². The van der Waals surface area contributed by atoms with E-state index in [1.54, 1.807) is 0 Å². The third kappa shape index (κ3) is 5.29. The van der Waals surface area contributed by atoms with Crippen LogP contribution in [-0.4, -0.2) is 45.8 Å². The molecular weight excluding hydrogens is 135 g/mol. The second kappa shape index (κ2) is 6.95. The van der Waals surface area contributed by atoms with Gasteiger partial charge < -0.3 is 21.9 Å². The average Bonchev–Trinajstić information content (AvgIpc) is 1.84. The van der Waals surface area contributed by atoms with Crippen molar-refractivity contribution in [1.29, 1.82) is 0 Å². The van der Waals surface area contributed by atoms with Crippen molar-refractivity contribution in [3.8, 4) is 0 Å². The minimum absolute atomic E-state index is 0. The van der Waals surface area contributed by atoms with Crippen molar-refractivity contribution < 1.29 is 51.4 Å². The van der Waals surface area contributed by atoms with Gasteiger partial charge in [0.2, 0.25) is 0 Å². The fourth-order valence-electron chi connectivity index (χ4n) is 0.243. The normalized spacial score (nSPS) is 16.0. The molecule has 5 heteroatoms. The summed E-state index contributed by atoms with van der Waals surface area (Å²) >= 11 is 0. The molecule has 52 valence electrons. The van der Waals surface area contributed by atoms with Crippen LogP contribution in [0.25, 0.3) is 0 Å². The average molecular weight is 146 g/mol. The van der Waals surface area contributed by atoms with Gasteiger partial charge in [-0.3, -0.25) is 0 Å². The van der Waals surface area contributed by atoms with Gasteiger partial charge in [-0.25, -0.2) is 0 Å². The summed E-state index contributed by atoms with van der Waals surface area (Å²) in [7, 11) is 0. The summed E-state index contributed by atoms with van der Waals surface area (Å²) in [6.45, 7) is -1.05. The Balaban J connectivity index is -0.000000245. The topological polar surface area (TPSA) is 80.9 Å². The molecule has 0 aromatic carbocycles. The molecule has 0 aliphatic rings. The zero-order valence-electron chi connectivity index (χ0n) is 6.36. The second-order valence-electron chi connectivity index (χ2n) is 1.50. The summed E-state index contributed by atoms with van der Waals surface area (Å²) in [5.74, 6) is 0. The molecule has 9 heavy (non-hydrogen) atoms. The molecule has 4 nitrogen and oxygen atoms in total. The molecule has 0 fully saturated rings. The maximum absolute atomic E-state index is 8.47. The van der Waals surface area contributed by atoms with E-state index in [9.17, 15) is 0 Å². The maximum atomic E-state index is 8.47. The fourth-order valence-corrected chi connectivity index (χ4v) is 0.243. The Kier molecular flexibility index (Phi) is 9.67. The van der Waals surface area contributed by atoms with E-state index in [-0.39, 0.29) is 31.0 Å². The SMILES string of the molecule is OC[C@@H](O)[C@@H](O)CO.[H-].[Na+]. The van der Waals surface area contributed by atoms with Crippen LogP contribution in [0.4, 0.5) is 0 Å². The molecule has 0 aliphatic carbocycles. The Morgan fingerprint density at radius 3 is 1.33 bits per heavy atom. The molecule has 4 N–H and O–H groups in total. The van der Waals surface area contributed by atoms with E-state index in [4.69, 9.17) is 20.4 Å². The minimum atomic E-state index is -1.22. The molecule has 0 aromatic heterocycles. The van der Waals surface area contributed by atoms with Crippen LogP contribution in [0.2, 0.25) is 0 Å². The van der Waals surface area contributed by atoms with Crippen molar-refractivity contribution in [1.82, 2.24) is 0 Å². The number of hydrogen-bond acceptors (Lipinski definition) is 4. The van der Waals surface area contributed by atoms with E-state index in [0.29, 0.717) is 0 Å². The molecule has 0 bridgehead atoms. The Labute approximate surface area is 76.9 Å². The van der Waals surface area contributed by atoms with Crippen molar-refractivity contribution in [3.05, 3.63) is 0 Å². The minimum Gasteiger partial charge on any atom is -1.00 e. The summed E-state index contributed by atoms with van der Waals surface area (Å²) in [4.78, 5) is 0. The van der Waals surface area contributed by atoms with Gasteiger partial charge in [0.1, 0.15) is 12.2 Å². The molecule has 0 aliphatic heterocycles. The Bertz CT molecular complexity index is 57.2. The first kappa shape index (κ1) is 12.5. The number of hydrogen-bond donors (Lipinski definition) is 4. The van der Waals surface area contributed by atoms with Gasteiger partial charge in [0.25, 0.3) is 0 Å². The first-order valence-corrected chi connectivity index (χ1v) is 2.30. The third-order valence-electron chi connectivity index (χ3n) is 0.818. The Morgan fingerprint density at radius 1 is 1.00 bits per heavy atom. The summed E-state index contributed by atoms with van der Waals surface area (Å²) in [6, 6.07) is 0. The Hall–Kier alpha value is 0.840. The van der Waals surface area contributed by atoms with Crippen LogP contribution in [-0.2, 0) is 0 Å². The largest absolute Gasteiger partial charge is 1.00 e. The van der Waals surface area contributed by atoms with Crippen LogP contribution in [0, 0.1) is 0 Å². The zero-order chi connectivity index (χ0) is 6.57. The van der Waals surface area contributed by atoms with Crippen LogP contribution >= 0.6 is 0 Å². The second-order valence-corrected chi connectivity index (χ2v) is 1.50. The van der Waals surface area contributed by atoms with Gasteiger partial charge >= 0.3 is 29.6 Å². The first-order chi connectivity index (χ1) is 3.72. The van der Waals surface area contributed by atoms with Crippen molar-refractivity contribution in [2.75, 3.05) is 13.2 Å². The molecule has 0 heterocycles. The molecule has 0 amide bonds. The van der Waals surface area contributed by atoms with Crippen LogP contribution in [0.3, 0.4) is 0 Å². The van der Waals surface area contributed by atoms with Gasteiger partial charge in [0.05, 0.1) is 13.2 Å². The Morgan fingerprint density at radius 2 is 1.22 bits per heavy atom. The van der Waals surface area contributed by atoms with Crippen molar-refractivity contribution in [2.45, 2.75) is 12.2 Å². The molecule has 2 atom stereocenters. The van der Waals surface area contributed by atoms with Crippen molar-refractivity contribution in [2.24, 2.45) is 0 Å². The van der Waals surface area contributed by atoms with E-state index in [1.807, 2.05) is 0 Å². The van der Waals surface area contributed by atoms with Gasteiger partial charge in [0.15, 0.2) is 0 Å². The van der Waals surface area contributed by atoms with E-state index < -0.39 is 25.4 Å². The van der Waals surface area contributed by atoms with Gasteiger partial charge in [-0.2, -0.15) is 0 Å². The third-order valence-corrected chi connectivity index (χ3v) is 0.818. The van der Waals surface area contributed by atoms with Crippen LogP contribution < -0.4 is 29.6 Å². The molecule has 0 saturated carbocycles. The molecule has 0 rings (SSSR count). The number of rotatable bonds is 3. The van der Waals surface area contributed by atoms with Crippen LogP contribution in [0.15, 0.2) is 0 Å². The maximum Gasteiger partial charge on any atom is 1.00 e. The summed E-state index contributed by atoms with van der Waals surface area (Å²) in [6.07, 6.45) is -2.44. The van der Waals surface area contributed by atoms with E-state index >= 15 is 0 Å². The molecule has 0 unspecified atom stereocenters. The van der Waals surface area contributed by atoms with E-state index in [0.717, 1.165) is 0 Å². The fraction of sp³-hybridized carbons (Fsp3) is 1.00. The smallest absolute Gasteiger partial charge is 1.00 e. The molecule has 0 radical (unpaired) electrons. The summed E-state index contributed by atoms with van der Waals surface area (Å²) < 4.78 is 0. The van der Waals surface area contributed by atoms with E-state index in [1.165, 1.54) is 0 Å². The number of aliphatic hydroxyl groups is 4. The molecule has 0 aromatic rings. The predicted molar refractivity (Wildman–Crippen MR) is 27.3 cm³/mol. The van der Waals surface area contributed by atoms with Crippen LogP contribution in [0.1, 0.15) is 1.43 Å². The van der Waals surface area contributed by atoms with Gasteiger partial charge in [-0.15, -0.1) is 0 Å². The first-order valence-electron chi connectivity index (χ1n) is 2.30. The molecule has 0 saturated heterocycles. The predicted octanol–water partition coefficient (Wildman–Crippen LogP) is -5.19. The quantitative estimate of drug-likeness (QED) is 0.300. The zero-order valence-corrected chi connectivity index (χ0v) is 7.36. The van der Waals surface area contributed by atoms with Gasteiger partial charge in [-0.05, 0) is 0 Å². The van der Waals surface area contributed by atoms with Crippen molar-refractivity contribution in [3.63, 3.8) is 0 Å². The van der Waals surface area contributed by atoms with Gasteiger partial charge in [0, 0.05) is 0 Å². The molecule has 0 spiro atoms. The monoisotopic (exact) mass is 146 g/mol. The standard InChI is InChI=1S/C4H10O4.Na.H/c5-1-3(7)4(8)2-6;;/h3-8H,1-2H2;;/q;+1;-1/t3-,4+;;. The number of aliphatic hydroxyl groups excluding tert-OH is 4. The van der Waals surface area contributed by atoms with Crippen molar-refractivity contribution >= 4 is 0 Å². The molecular formula is C4H11NaO4. The summed E-state index contributed by atoms with van der Waals surface area (Å²) in [5, 5.41) is 33.2.